The smallest absolute Gasteiger partial charge is 0.0843 e. The maximum atomic E-state index is 10.2. The van der Waals surface area contributed by atoms with Gasteiger partial charge in [-0.25, -0.2) is 0 Å². The highest BCUT2D eigenvalue weighted by atomic mass is 16.5. The fourth-order valence-electron chi connectivity index (χ4n) is 2.21. The molecule has 0 aromatic heterocycles. The van der Waals surface area contributed by atoms with Gasteiger partial charge < -0.3 is 9.84 Å². The van der Waals surface area contributed by atoms with Gasteiger partial charge >= 0.3 is 0 Å². The van der Waals surface area contributed by atoms with Crippen LogP contribution in [0.25, 0.3) is 0 Å². The predicted molar refractivity (Wildman–Crippen MR) is 59.8 cm³/mol. The first-order valence-corrected chi connectivity index (χ1v) is 5.51. The van der Waals surface area contributed by atoms with Gasteiger partial charge in [-0.2, -0.15) is 0 Å². The van der Waals surface area contributed by atoms with Crippen molar-refractivity contribution in [2.24, 2.45) is 5.92 Å². The minimum absolute atomic E-state index is 0.270. The summed E-state index contributed by atoms with van der Waals surface area (Å²) in [6.07, 6.45) is 0.599. The van der Waals surface area contributed by atoms with Gasteiger partial charge in [-0.3, -0.25) is 0 Å². The molecule has 1 fully saturated rings. The molecular formula is C13H18O2. The summed E-state index contributed by atoms with van der Waals surface area (Å²) in [5.74, 6) is 0.270. The Labute approximate surface area is 90.9 Å². The van der Waals surface area contributed by atoms with E-state index in [0.29, 0.717) is 6.61 Å². The molecule has 2 heteroatoms. The molecule has 82 valence electrons. The van der Waals surface area contributed by atoms with Crippen LogP contribution in [0.4, 0.5) is 0 Å². The number of aliphatic hydroxyl groups excluding tert-OH is 1. The third-order valence-corrected chi connectivity index (χ3v) is 3.16. The molecule has 1 aliphatic rings. The first-order chi connectivity index (χ1) is 7.18. The second-order valence-corrected chi connectivity index (χ2v) is 4.43. The first-order valence-electron chi connectivity index (χ1n) is 5.51. The van der Waals surface area contributed by atoms with Crippen molar-refractivity contribution in [2.75, 3.05) is 13.2 Å². The van der Waals surface area contributed by atoms with Gasteiger partial charge in [0.1, 0.15) is 0 Å². The maximum Gasteiger partial charge on any atom is 0.0843 e. The number of ether oxygens (including phenoxy) is 1. The molecule has 0 aliphatic carbocycles. The molecule has 1 aromatic rings. The van der Waals surface area contributed by atoms with Crippen LogP contribution in [0.1, 0.15) is 29.2 Å². The lowest BCUT2D eigenvalue weighted by Crippen LogP contribution is -2.13. The molecule has 1 heterocycles. The molecular weight excluding hydrogens is 188 g/mol. The Morgan fingerprint density at radius 2 is 2.20 bits per heavy atom. The lowest BCUT2D eigenvalue weighted by Gasteiger charge is -2.19. The van der Waals surface area contributed by atoms with Crippen molar-refractivity contribution in [1.29, 1.82) is 0 Å². The van der Waals surface area contributed by atoms with Crippen molar-refractivity contribution in [3.63, 3.8) is 0 Å². The van der Waals surface area contributed by atoms with E-state index in [0.717, 1.165) is 18.6 Å². The standard InChI is InChI=1S/C13H18O2/c1-9-3-4-12(10(2)7-9)13(14)11-5-6-15-8-11/h3-4,7,11,13-14H,5-6,8H2,1-2H3. The highest BCUT2D eigenvalue weighted by molar-refractivity contribution is 5.32. The number of aryl methyl sites for hydroxylation is 2. The SMILES string of the molecule is Cc1ccc(C(O)C2CCOC2)c(C)c1. The van der Waals surface area contributed by atoms with Gasteiger partial charge in [-0.05, 0) is 31.4 Å². The van der Waals surface area contributed by atoms with Gasteiger partial charge in [0.25, 0.3) is 0 Å². The van der Waals surface area contributed by atoms with E-state index in [2.05, 4.69) is 26.0 Å². The van der Waals surface area contributed by atoms with Crippen molar-refractivity contribution in [1.82, 2.24) is 0 Å². The quantitative estimate of drug-likeness (QED) is 0.805. The highest BCUT2D eigenvalue weighted by Gasteiger charge is 2.25. The van der Waals surface area contributed by atoms with E-state index in [4.69, 9.17) is 4.74 Å². The van der Waals surface area contributed by atoms with Gasteiger partial charge in [-0.15, -0.1) is 0 Å². The molecule has 1 aliphatic heterocycles. The van der Waals surface area contributed by atoms with Crippen LogP contribution in [-0.4, -0.2) is 18.3 Å². The molecule has 2 rings (SSSR count). The van der Waals surface area contributed by atoms with Crippen LogP contribution < -0.4 is 0 Å². The van der Waals surface area contributed by atoms with E-state index in [-0.39, 0.29) is 12.0 Å². The van der Waals surface area contributed by atoms with Crippen molar-refractivity contribution in [3.8, 4) is 0 Å². The van der Waals surface area contributed by atoms with Gasteiger partial charge in [0.15, 0.2) is 0 Å². The highest BCUT2D eigenvalue weighted by Crippen LogP contribution is 2.30. The lowest BCUT2D eigenvalue weighted by molar-refractivity contribution is 0.0913. The average Bonchev–Trinajstić information content (AvgIpc) is 2.69. The van der Waals surface area contributed by atoms with E-state index in [9.17, 15) is 5.11 Å². The molecule has 0 bridgehead atoms. The third kappa shape index (κ3) is 2.21. The molecule has 0 saturated carbocycles. The summed E-state index contributed by atoms with van der Waals surface area (Å²) in [6, 6.07) is 6.21. The zero-order valence-electron chi connectivity index (χ0n) is 9.36. The summed E-state index contributed by atoms with van der Waals surface area (Å²) in [6.45, 7) is 5.60. The normalized spacial score (nSPS) is 23.0. The Kier molecular flexibility index (Phi) is 3.08. The maximum absolute atomic E-state index is 10.2. The van der Waals surface area contributed by atoms with Crippen molar-refractivity contribution >= 4 is 0 Å². The first kappa shape index (κ1) is 10.7. The molecule has 1 N–H and O–H groups in total. The second kappa shape index (κ2) is 4.33. The van der Waals surface area contributed by atoms with Crippen LogP contribution in [0.5, 0.6) is 0 Å². The predicted octanol–water partition coefficient (Wildman–Crippen LogP) is 2.37. The molecule has 2 unspecified atom stereocenters. The number of hydrogen-bond acceptors (Lipinski definition) is 2. The van der Waals surface area contributed by atoms with E-state index in [1.807, 2.05) is 6.07 Å². The third-order valence-electron chi connectivity index (χ3n) is 3.16. The van der Waals surface area contributed by atoms with Crippen LogP contribution in [0.15, 0.2) is 18.2 Å². The summed E-state index contributed by atoms with van der Waals surface area (Å²) in [7, 11) is 0. The summed E-state index contributed by atoms with van der Waals surface area (Å²) < 4.78 is 5.30. The summed E-state index contributed by atoms with van der Waals surface area (Å²) in [5, 5.41) is 10.2. The Bertz CT molecular complexity index is 340. The molecule has 0 spiro atoms. The minimum Gasteiger partial charge on any atom is -0.388 e. The van der Waals surface area contributed by atoms with Gasteiger partial charge in [0, 0.05) is 12.5 Å². The Morgan fingerprint density at radius 1 is 1.40 bits per heavy atom. The molecule has 1 aromatic carbocycles. The van der Waals surface area contributed by atoms with Crippen LogP contribution in [-0.2, 0) is 4.74 Å². The van der Waals surface area contributed by atoms with Crippen LogP contribution in [0.3, 0.4) is 0 Å². The van der Waals surface area contributed by atoms with Crippen molar-refractivity contribution in [3.05, 3.63) is 34.9 Å². The summed E-state index contributed by atoms with van der Waals surface area (Å²) in [4.78, 5) is 0. The number of hydrogen-bond donors (Lipinski definition) is 1. The molecule has 15 heavy (non-hydrogen) atoms. The van der Waals surface area contributed by atoms with E-state index < -0.39 is 0 Å². The van der Waals surface area contributed by atoms with Crippen LogP contribution in [0.2, 0.25) is 0 Å². The number of aliphatic hydroxyl groups is 1. The topological polar surface area (TPSA) is 29.5 Å². The number of rotatable bonds is 2. The Morgan fingerprint density at radius 3 is 2.80 bits per heavy atom. The van der Waals surface area contributed by atoms with Crippen LogP contribution >= 0.6 is 0 Å². The summed E-state index contributed by atoms with van der Waals surface area (Å²) in [5.41, 5.74) is 3.47. The molecule has 0 radical (unpaired) electrons. The number of benzene rings is 1. The van der Waals surface area contributed by atoms with Gasteiger partial charge in [0.05, 0.1) is 12.7 Å². The largest absolute Gasteiger partial charge is 0.388 e. The second-order valence-electron chi connectivity index (χ2n) is 4.43. The Balaban J connectivity index is 2.20. The zero-order valence-corrected chi connectivity index (χ0v) is 9.36. The molecule has 2 nitrogen and oxygen atoms in total. The monoisotopic (exact) mass is 206 g/mol. The van der Waals surface area contributed by atoms with Gasteiger partial charge in [-0.1, -0.05) is 23.8 Å². The lowest BCUT2D eigenvalue weighted by atomic mass is 9.91. The van der Waals surface area contributed by atoms with Gasteiger partial charge in [0.2, 0.25) is 0 Å². The zero-order chi connectivity index (χ0) is 10.8. The minimum atomic E-state index is -0.368. The molecule has 1 saturated heterocycles. The van der Waals surface area contributed by atoms with Crippen LogP contribution in [0, 0.1) is 19.8 Å². The van der Waals surface area contributed by atoms with E-state index in [1.54, 1.807) is 0 Å². The van der Waals surface area contributed by atoms with Crippen molar-refractivity contribution < 1.29 is 9.84 Å². The van der Waals surface area contributed by atoms with E-state index in [1.165, 1.54) is 11.1 Å². The Hall–Kier alpha value is -0.860. The van der Waals surface area contributed by atoms with Crippen molar-refractivity contribution in [2.45, 2.75) is 26.4 Å². The molecule has 0 amide bonds. The fourth-order valence-corrected chi connectivity index (χ4v) is 2.21. The van der Waals surface area contributed by atoms with E-state index >= 15 is 0 Å². The molecule has 2 atom stereocenters. The summed E-state index contributed by atoms with van der Waals surface area (Å²) >= 11 is 0. The fraction of sp³-hybridized carbons (Fsp3) is 0.538. The average molecular weight is 206 g/mol.